The number of alkyl halides is 3. The smallest absolute Gasteiger partial charge is 0.380 e. The van der Waals surface area contributed by atoms with Gasteiger partial charge in [0.15, 0.2) is 0 Å². The number of hydrogen-bond acceptors (Lipinski definition) is 8. The van der Waals surface area contributed by atoms with Crippen LogP contribution in [-0.2, 0) is 32.3 Å². The number of nitrogens with one attached hydrogen (secondary N) is 3. The summed E-state index contributed by atoms with van der Waals surface area (Å²) < 4.78 is 64.3. The van der Waals surface area contributed by atoms with E-state index in [0.717, 1.165) is 12.3 Å². The second-order valence-corrected chi connectivity index (χ2v) is 11.3. The first-order valence-corrected chi connectivity index (χ1v) is 13.7. The van der Waals surface area contributed by atoms with Crippen LogP contribution in [0.4, 0.5) is 23.7 Å². The van der Waals surface area contributed by atoms with Gasteiger partial charge in [-0.25, -0.2) is 8.42 Å². The molecule has 202 valence electrons. The summed E-state index contributed by atoms with van der Waals surface area (Å²) in [6.45, 7) is 0.482. The van der Waals surface area contributed by atoms with Gasteiger partial charge in [-0.1, -0.05) is 23.7 Å². The van der Waals surface area contributed by atoms with E-state index in [9.17, 15) is 36.0 Å². The number of halogens is 4. The van der Waals surface area contributed by atoms with Crippen LogP contribution in [0.2, 0.25) is 5.02 Å². The maximum absolute atomic E-state index is 13.4. The maximum atomic E-state index is 13.4. The van der Waals surface area contributed by atoms with Gasteiger partial charge in [0.2, 0.25) is 10.0 Å². The lowest BCUT2D eigenvalue weighted by molar-refractivity contribution is -0.138. The zero-order valence-electron chi connectivity index (χ0n) is 19.8. The Kier molecular flexibility index (Phi) is 8.58. The molecule has 2 aromatic carbocycles. The number of anilines is 1. The van der Waals surface area contributed by atoms with Gasteiger partial charge in [0, 0.05) is 28.5 Å². The summed E-state index contributed by atoms with van der Waals surface area (Å²) in [6, 6.07) is 8.01. The molecule has 3 amide bonds. The normalized spacial score (nSPS) is 15.2. The monoisotopic (exact) mass is 588 g/mol. The Bertz CT molecular complexity index is 1480. The number of imide groups is 1. The number of amides is 3. The number of thioether (sulfide) groups is 1. The third-order valence-corrected chi connectivity index (χ3v) is 6.81. The van der Waals surface area contributed by atoms with Crippen LogP contribution in [0.5, 0.6) is 0 Å². The highest BCUT2D eigenvalue weighted by molar-refractivity contribution is 8.18. The van der Waals surface area contributed by atoms with E-state index in [1.165, 1.54) is 43.3 Å². The summed E-state index contributed by atoms with van der Waals surface area (Å²) in [5.41, 5.74) is 0.263. The molecular weight excluding hydrogens is 569 g/mol. The Morgan fingerprint density at radius 1 is 1.18 bits per heavy atom. The molecule has 0 saturated carbocycles. The molecule has 38 heavy (non-hydrogen) atoms. The molecule has 1 aliphatic heterocycles. The molecule has 0 spiro atoms. The summed E-state index contributed by atoms with van der Waals surface area (Å²) in [5.74, 6) is -1.86. The van der Waals surface area contributed by atoms with E-state index in [2.05, 4.69) is 5.32 Å². The summed E-state index contributed by atoms with van der Waals surface area (Å²) in [7, 11) is -3.87. The van der Waals surface area contributed by atoms with Crippen molar-refractivity contribution in [3.05, 3.63) is 68.6 Å². The number of benzene rings is 2. The van der Waals surface area contributed by atoms with E-state index < -0.39 is 45.4 Å². The zero-order valence-corrected chi connectivity index (χ0v) is 22.2. The van der Waals surface area contributed by atoms with E-state index in [-0.39, 0.29) is 27.7 Å². The van der Waals surface area contributed by atoms with Crippen LogP contribution in [0.25, 0.3) is 6.08 Å². The lowest BCUT2D eigenvalue weighted by atomic mass is 10.0. The number of hydrogen-bond donors (Lipinski definition) is 3. The number of carbonyl (C=O) groups is 3. The summed E-state index contributed by atoms with van der Waals surface area (Å²) in [6.07, 6.45) is -2.50. The van der Waals surface area contributed by atoms with Gasteiger partial charge in [0.05, 0.1) is 16.7 Å². The van der Waals surface area contributed by atoms with Gasteiger partial charge in [-0.05, 0) is 60.2 Å². The number of carbonyl (C=O) groups excluding carboxylic acids is 3. The molecule has 0 unspecified atom stereocenters. The highest BCUT2D eigenvalue weighted by Gasteiger charge is 2.37. The highest BCUT2D eigenvalue weighted by Crippen LogP contribution is 2.35. The summed E-state index contributed by atoms with van der Waals surface area (Å²) >= 11 is 6.27. The molecule has 0 aromatic heterocycles. The molecule has 9 nitrogen and oxygen atoms in total. The quantitative estimate of drug-likeness (QED) is 0.306. The Morgan fingerprint density at radius 2 is 1.87 bits per heavy atom. The van der Waals surface area contributed by atoms with Crippen LogP contribution >= 0.6 is 23.4 Å². The van der Waals surface area contributed by atoms with Crippen LogP contribution in [0.3, 0.4) is 0 Å². The minimum absolute atomic E-state index is 0.0348. The average Bonchev–Trinajstić information content (AvgIpc) is 3.04. The first kappa shape index (κ1) is 29.2. The second-order valence-electron chi connectivity index (χ2n) is 8.15. The lowest BCUT2D eigenvalue weighted by Crippen LogP contribution is -2.41. The van der Waals surface area contributed by atoms with E-state index in [0.29, 0.717) is 33.5 Å². The maximum Gasteiger partial charge on any atom is 0.416 e. The van der Waals surface area contributed by atoms with Crippen LogP contribution in [0.15, 0.2) is 41.3 Å². The van der Waals surface area contributed by atoms with Crippen molar-refractivity contribution in [2.45, 2.75) is 19.6 Å². The fourth-order valence-corrected chi connectivity index (χ4v) is 4.93. The number of nitrogens with zero attached hydrogens (tertiary/aromatic N) is 1. The molecule has 0 bridgehead atoms. The van der Waals surface area contributed by atoms with Gasteiger partial charge < -0.3 is 10.7 Å². The van der Waals surface area contributed by atoms with Crippen molar-refractivity contribution in [1.29, 1.82) is 5.41 Å². The predicted octanol–water partition coefficient (Wildman–Crippen LogP) is 4.47. The van der Waals surface area contributed by atoms with E-state index in [1.54, 1.807) is 4.72 Å². The molecule has 1 saturated heterocycles. The predicted molar refractivity (Wildman–Crippen MR) is 138 cm³/mol. The number of rotatable bonds is 8. The minimum atomic E-state index is -4.61. The first-order valence-electron chi connectivity index (χ1n) is 10.6. The van der Waals surface area contributed by atoms with Crippen molar-refractivity contribution >= 4 is 67.9 Å². The molecule has 0 aliphatic carbocycles. The zero-order chi connectivity index (χ0) is 28.4. The van der Waals surface area contributed by atoms with Crippen LogP contribution in [0, 0.1) is 5.41 Å². The van der Waals surface area contributed by atoms with Gasteiger partial charge in [-0.3, -0.25) is 24.0 Å². The highest BCUT2D eigenvalue weighted by atomic mass is 35.5. The molecule has 1 fully saturated rings. The van der Waals surface area contributed by atoms with Crippen molar-refractivity contribution in [1.82, 2.24) is 9.62 Å². The molecule has 2 aromatic rings. The van der Waals surface area contributed by atoms with Crippen LogP contribution in [-0.4, -0.2) is 48.9 Å². The van der Waals surface area contributed by atoms with Gasteiger partial charge in [-0.15, -0.1) is 0 Å². The van der Waals surface area contributed by atoms with Gasteiger partial charge in [0.25, 0.3) is 17.1 Å². The SMILES string of the molecule is CC(=N)c1cc(C=C2SC(=O)N(CC(=O)NS(C)(=O)=O)C2=O)ccc1NCc1ccc(Cl)cc1C(F)(F)F. The standard InChI is InChI=1S/C23H20ClF3N4O5S2/c1-12(28)16-7-13(8-19-21(33)31(22(34)37-19)11-20(32)30-38(2,35)36)3-6-18(16)29-10-14-4-5-15(24)9-17(14)23(25,26)27/h3-9,28-29H,10-11H2,1-2H3,(H,30,32). The Hall–Kier alpha value is -3.36. The molecule has 15 heteroatoms. The third-order valence-electron chi connectivity index (χ3n) is 5.07. The fraction of sp³-hybridized carbons (Fsp3) is 0.217. The van der Waals surface area contributed by atoms with E-state index >= 15 is 0 Å². The first-order chi connectivity index (χ1) is 17.5. The third kappa shape index (κ3) is 7.36. The molecule has 1 heterocycles. The summed E-state index contributed by atoms with van der Waals surface area (Å²) in [5, 5.41) is 10.1. The van der Waals surface area contributed by atoms with Crippen LogP contribution < -0.4 is 10.0 Å². The van der Waals surface area contributed by atoms with Crippen LogP contribution in [0.1, 0.15) is 29.2 Å². The minimum Gasteiger partial charge on any atom is -0.380 e. The molecular formula is C23H20ClF3N4O5S2. The largest absolute Gasteiger partial charge is 0.416 e. The van der Waals surface area contributed by atoms with Gasteiger partial charge >= 0.3 is 6.18 Å². The van der Waals surface area contributed by atoms with Gasteiger partial charge in [-0.2, -0.15) is 13.2 Å². The van der Waals surface area contributed by atoms with Crippen molar-refractivity contribution in [3.63, 3.8) is 0 Å². The van der Waals surface area contributed by atoms with Crippen molar-refractivity contribution < 1.29 is 36.0 Å². The average molecular weight is 589 g/mol. The van der Waals surface area contributed by atoms with Crippen molar-refractivity contribution in [2.24, 2.45) is 0 Å². The van der Waals surface area contributed by atoms with Crippen molar-refractivity contribution in [2.75, 3.05) is 18.1 Å². The molecule has 0 radical (unpaired) electrons. The Balaban J connectivity index is 1.82. The molecule has 3 N–H and O–H groups in total. The fourth-order valence-electron chi connectivity index (χ4n) is 3.44. The Labute approximate surface area is 225 Å². The van der Waals surface area contributed by atoms with Crippen molar-refractivity contribution in [3.8, 4) is 0 Å². The molecule has 3 rings (SSSR count). The lowest BCUT2D eigenvalue weighted by Gasteiger charge is -2.16. The topological polar surface area (TPSA) is 136 Å². The van der Waals surface area contributed by atoms with Gasteiger partial charge in [0.1, 0.15) is 6.54 Å². The second kappa shape index (κ2) is 11.2. The van der Waals surface area contributed by atoms with E-state index in [4.69, 9.17) is 17.0 Å². The molecule has 1 aliphatic rings. The van der Waals surface area contributed by atoms with E-state index in [1.807, 2.05) is 0 Å². The molecule has 0 atom stereocenters. The number of sulfonamides is 1. The summed E-state index contributed by atoms with van der Waals surface area (Å²) in [4.78, 5) is 37.2. The Morgan fingerprint density at radius 3 is 2.47 bits per heavy atom.